The third kappa shape index (κ3) is 2.29. The van der Waals surface area contributed by atoms with Crippen LogP contribution in [0.25, 0.3) is 0 Å². The summed E-state index contributed by atoms with van der Waals surface area (Å²) in [5.41, 5.74) is 0.0154. The lowest BCUT2D eigenvalue weighted by atomic mass is 10.2. The summed E-state index contributed by atoms with van der Waals surface area (Å²) in [5.74, 6) is -0.425. The van der Waals surface area contributed by atoms with Gasteiger partial charge in [0.25, 0.3) is 5.91 Å². The van der Waals surface area contributed by atoms with Crippen molar-refractivity contribution in [3.05, 3.63) is 34.6 Å². The highest BCUT2D eigenvalue weighted by atomic mass is 35.5. The molecule has 1 N–H and O–H groups in total. The van der Waals surface area contributed by atoms with Crippen LogP contribution in [-0.4, -0.2) is 11.9 Å². The van der Waals surface area contributed by atoms with E-state index in [0.717, 1.165) is 6.42 Å². The molecule has 1 aliphatic rings. The predicted molar refractivity (Wildman–Crippen MR) is 56.4 cm³/mol. The van der Waals surface area contributed by atoms with E-state index >= 15 is 0 Å². The molecule has 0 aliphatic heterocycles. The molecule has 1 aromatic carbocycles. The highest BCUT2D eigenvalue weighted by Gasteiger charge is 2.34. The first kappa shape index (κ1) is 10.4. The fraction of sp³-hybridized carbons (Fsp3) is 0.364. The van der Waals surface area contributed by atoms with Gasteiger partial charge in [-0.3, -0.25) is 4.79 Å². The van der Waals surface area contributed by atoms with Gasteiger partial charge in [0.05, 0.1) is 5.56 Å². The van der Waals surface area contributed by atoms with E-state index < -0.39 is 5.82 Å². The number of halogens is 2. The minimum atomic E-state index is -0.537. The van der Waals surface area contributed by atoms with Crippen LogP contribution in [0.1, 0.15) is 23.7 Å². The molecule has 1 saturated carbocycles. The van der Waals surface area contributed by atoms with Crippen LogP contribution in [0, 0.1) is 11.7 Å². The number of rotatable bonds is 2. The normalized spacial score (nSPS) is 23.7. The molecule has 0 aromatic heterocycles. The zero-order valence-corrected chi connectivity index (χ0v) is 9.01. The molecule has 15 heavy (non-hydrogen) atoms. The quantitative estimate of drug-likeness (QED) is 0.827. The molecule has 2 unspecified atom stereocenters. The number of benzene rings is 1. The van der Waals surface area contributed by atoms with E-state index in [1.54, 1.807) is 0 Å². The number of carbonyl (C=O) groups excluding carboxylic acids is 1. The first-order valence-electron chi connectivity index (χ1n) is 4.84. The Morgan fingerprint density at radius 1 is 1.60 bits per heavy atom. The van der Waals surface area contributed by atoms with Crippen molar-refractivity contribution in [3.8, 4) is 0 Å². The Kier molecular flexibility index (Phi) is 2.65. The van der Waals surface area contributed by atoms with E-state index in [4.69, 9.17) is 11.6 Å². The molecule has 0 spiro atoms. The monoisotopic (exact) mass is 227 g/mol. The molecule has 1 aliphatic carbocycles. The third-order valence-electron chi connectivity index (χ3n) is 2.60. The Morgan fingerprint density at radius 2 is 2.27 bits per heavy atom. The number of nitrogens with one attached hydrogen (secondary N) is 1. The lowest BCUT2D eigenvalue weighted by Crippen LogP contribution is -2.27. The zero-order chi connectivity index (χ0) is 11.0. The van der Waals surface area contributed by atoms with Crippen molar-refractivity contribution in [1.82, 2.24) is 5.32 Å². The van der Waals surface area contributed by atoms with Crippen molar-refractivity contribution in [2.45, 2.75) is 19.4 Å². The highest BCUT2D eigenvalue weighted by Crippen LogP contribution is 2.29. The van der Waals surface area contributed by atoms with Crippen LogP contribution in [0.15, 0.2) is 18.2 Å². The van der Waals surface area contributed by atoms with Crippen LogP contribution >= 0.6 is 11.6 Å². The van der Waals surface area contributed by atoms with Crippen LogP contribution in [-0.2, 0) is 0 Å². The summed E-state index contributed by atoms with van der Waals surface area (Å²) in [4.78, 5) is 11.6. The van der Waals surface area contributed by atoms with Crippen molar-refractivity contribution >= 4 is 17.5 Å². The second-order valence-electron chi connectivity index (χ2n) is 3.92. The first-order valence-corrected chi connectivity index (χ1v) is 5.21. The van der Waals surface area contributed by atoms with E-state index in [1.807, 2.05) is 6.92 Å². The molecule has 2 nitrogen and oxygen atoms in total. The fourth-order valence-corrected chi connectivity index (χ4v) is 1.61. The molecule has 2 rings (SSSR count). The number of hydrogen-bond donors (Lipinski definition) is 1. The van der Waals surface area contributed by atoms with Gasteiger partial charge in [0.15, 0.2) is 0 Å². The second kappa shape index (κ2) is 3.81. The molecule has 0 radical (unpaired) electrons. The van der Waals surface area contributed by atoms with Crippen LogP contribution in [0.5, 0.6) is 0 Å². The predicted octanol–water partition coefficient (Wildman–Crippen LogP) is 2.62. The Hall–Kier alpha value is -1.09. The summed E-state index contributed by atoms with van der Waals surface area (Å²) in [7, 11) is 0. The average Bonchev–Trinajstić information content (AvgIpc) is 2.86. The molecule has 0 bridgehead atoms. The zero-order valence-electron chi connectivity index (χ0n) is 8.26. The van der Waals surface area contributed by atoms with Crippen molar-refractivity contribution in [2.24, 2.45) is 5.92 Å². The third-order valence-corrected chi connectivity index (χ3v) is 2.83. The summed E-state index contributed by atoms with van der Waals surface area (Å²) in [6, 6.07) is 4.16. The lowest BCUT2D eigenvalue weighted by Gasteiger charge is -2.05. The first-order chi connectivity index (χ1) is 7.08. The maximum absolute atomic E-state index is 13.3. The average molecular weight is 228 g/mol. The van der Waals surface area contributed by atoms with E-state index in [2.05, 4.69) is 5.32 Å². The summed E-state index contributed by atoms with van der Waals surface area (Å²) < 4.78 is 13.3. The van der Waals surface area contributed by atoms with Gasteiger partial charge >= 0.3 is 0 Å². The van der Waals surface area contributed by atoms with E-state index in [1.165, 1.54) is 18.2 Å². The van der Waals surface area contributed by atoms with Gasteiger partial charge in [-0.05, 0) is 30.5 Å². The number of hydrogen-bond acceptors (Lipinski definition) is 1. The van der Waals surface area contributed by atoms with Gasteiger partial charge < -0.3 is 5.32 Å². The van der Waals surface area contributed by atoms with E-state index in [9.17, 15) is 9.18 Å². The van der Waals surface area contributed by atoms with Crippen molar-refractivity contribution in [3.63, 3.8) is 0 Å². The molecule has 80 valence electrons. The van der Waals surface area contributed by atoms with Crippen molar-refractivity contribution in [1.29, 1.82) is 0 Å². The molecule has 1 amide bonds. The van der Waals surface area contributed by atoms with Gasteiger partial charge in [0.1, 0.15) is 5.82 Å². The van der Waals surface area contributed by atoms with Crippen LogP contribution < -0.4 is 5.32 Å². The topological polar surface area (TPSA) is 29.1 Å². The summed E-state index contributed by atoms with van der Waals surface area (Å²) in [5, 5.41) is 3.12. The molecule has 4 heteroatoms. The Balaban J connectivity index is 2.14. The summed E-state index contributed by atoms with van der Waals surface area (Å²) in [6.07, 6.45) is 0.966. The van der Waals surface area contributed by atoms with Crippen molar-refractivity contribution < 1.29 is 9.18 Å². The smallest absolute Gasteiger partial charge is 0.254 e. The van der Waals surface area contributed by atoms with Gasteiger partial charge in [-0.25, -0.2) is 4.39 Å². The molecule has 0 saturated heterocycles. The Morgan fingerprint density at radius 3 is 2.87 bits per heavy atom. The molecular formula is C11H11ClFNO. The van der Waals surface area contributed by atoms with Gasteiger partial charge in [0, 0.05) is 11.1 Å². The van der Waals surface area contributed by atoms with Gasteiger partial charge in [-0.1, -0.05) is 18.5 Å². The van der Waals surface area contributed by atoms with Gasteiger partial charge in [-0.2, -0.15) is 0 Å². The second-order valence-corrected chi connectivity index (χ2v) is 4.35. The minimum Gasteiger partial charge on any atom is -0.349 e. The molecular weight excluding hydrogens is 217 g/mol. The van der Waals surface area contributed by atoms with Crippen LogP contribution in [0.3, 0.4) is 0 Å². The Bertz CT molecular complexity index is 408. The van der Waals surface area contributed by atoms with Gasteiger partial charge in [0.2, 0.25) is 0 Å². The maximum atomic E-state index is 13.3. The van der Waals surface area contributed by atoms with Crippen LogP contribution in [0.2, 0.25) is 5.02 Å². The molecule has 1 aromatic rings. The largest absolute Gasteiger partial charge is 0.349 e. The molecule has 2 atom stereocenters. The van der Waals surface area contributed by atoms with Crippen LogP contribution in [0.4, 0.5) is 4.39 Å². The highest BCUT2D eigenvalue weighted by molar-refractivity contribution is 6.31. The van der Waals surface area contributed by atoms with Gasteiger partial charge in [-0.15, -0.1) is 0 Å². The minimum absolute atomic E-state index is 0.0154. The Labute approximate surface area is 92.4 Å². The number of carbonyl (C=O) groups is 1. The lowest BCUT2D eigenvalue weighted by molar-refractivity contribution is 0.0945. The van der Waals surface area contributed by atoms with Crippen molar-refractivity contribution in [2.75, 3.05) is 0 Å². The summed E-state index contributed by atoms with van der Waals surface area (Å²) >= 11 is 5.70. The van der Waals surface area contributed by atoms with E-state index in [-0.39, 0.29) is 17.5 Å². The maximum Gasteiger partial charge on any atom is 0.254 e. The molecule has 1 fully saturated rings. The standard InChI is InChI=1S/C11H11ClFNO/c1-6-4-10(6)14-11(15)8-5-7(12)2-3-9(8)13/h2-3,5-6,10H,4H2,1H3,(H,14,15). The fourth-order valence-electron chi connectivity index (χ4n) is 1.44. The number of amides is 1. The van der Waals surface area contributed by atoms with E-state index in [0.29, 0.717) is 10.9 Å². The summed E-state index contributed by atoms with van der Waals surface area (Å²) in [6.45, 7) is 2.04. The SMILES string of the molecule is CC1CC1NC(=O)c1cc(Cl)ccc1F. The molecule has 0 heterocycles.